The summed E-state index contributed by atoms with van der Waals surface area (Å²) in [5, 5.41) is 0. The van der Waals surface area contributed by atoms with E-state index in [1.807, 2.05) is 11.0 Å². The summed E-state index contributed by atoms with van der Waals surface area (Å²) >= 11 is 0. The van der Waals surface area contributed by atoms with Gasteiger partial charge in [-0.15, -0.1) is 0 Å². The zero-order valence-electron chi connectivity index (χ0n) is 14.9. The van der Waals surface area contributed by atoms with Gasteiger partial charge in [0.25, 0.3) is 0 Å². The molecule has 1 amide bonds. The summed E-state index contributed by atoms with van der Waals surface area (Å²) in [6.45, 7) is 3.60. The number of carbonyl (C=O) groups is 1. The molecular formula is C20H27FN2O2. The number of nitrogens with zero attached hydrogens (tertiary/aromatic N) is 2. The van der Waals surface area contributed by atoms with Crippen LogP contribution in [0.25, 0.3) is 0 Å². The number of hydrogen-bond donors (Lipinski definition) is 0. The first-order valence-electron chi connectivity index (χ1n) is 9.16. The van der Waals surface area contributed by atoms with Gasteiger partial charge in [0.15, 0.2) is 11.6 Å². The van der Waals surface area contributed by atoms with Crippen LogP contribution in [0.15, 0.2) is 30.4 Å². The molecule has 0 aromatic heterocycles. The first-order valence-corrected chi connectivity index (χ1v) is 9.16. The summed E-state index contributed by atoms with van der Waals surface area (Å²) in [5.41, 5.74) is 0.907. The molecule has 2 aliphatic rings. The largest absolute Gasteiger partial charge is 0.494 e. The molecule has 1 heterocycles. The lowest BCUT2D eigenvalue weighted by atomic mass is 10.1. The highest BCUT2D eigenvalue weighted by Gasteiger charge is 2.25. The van der Waals surface area contributed by atoms with Crippen LogP contribution >= 0.6 is 0 Å². The van der Waals surface area contributed by atoms with Crippen LogP contribution in [-0.2, 0) is 11.2 Å². The van der Waals surface area contributed by atoms with Crippen LogP contribution in [0.3, 0.4) is 0 Å². The average molecular weight is 346 g/mol. The van der Waals surface area contributed by atoms with Crippen LogP contribution in [0.2, 0.25) is 0 Å². The Hall–Kier alpha value is -1.88. The standard InChI is InChI=1S/C20H27FN2O2/c1-25-19-10-9-16(15-18(19)21)5-4-8-20(24)23-13-11-22(12-14-23)17-6-2-3-7-17/h2-3,9-10,15,17H,4-8,11-14H2,1H3. The molecule has 1 aromatic carbocycles. The summed E-state index contributed by atoms with van der Waals surface area (Å²) < 4.78 is 18.6. The predicted molar refractivity (Wildman–Crippen MR) is 96.2 cm³/mol. The molecule has 0 radical (unpaired) electrons. The topological polar surface area (TPSA) is 32.8 Å². The molecule has 1 aliphatic heterocycles. The Balaban J connectivity index is 1.39. The number of halogens is 1. The van der Waals surface area contributed by atoms with Gasteiger partial charge in [0.05, 0.1) is 7.11 Å². The Morgan fingerprint density at radius 2 is 1.92 bits per heavy atom. The molecule has 0 spiro atoms. The van der Waals surface area contributed by atoms with Gasteiger partial charge in [0, 0.05) is 38.6 Å². The van der Waals surface area contributed by atoms with Crippen LogP contribution < -0.4 is 4.74 Å². The number of piperazine rings is 1. The number of ether oxygens (including phenoxy) is 1. The van der Waals surface area contributed by atoms with Crippen LogP contribution in [-0.4, -0.2) is 55.0 Å². The number of methoxy groups -OCH3 is 1. The van der Waals surface area contributed by atoms with Gasteiger partial charge in [-0.25, -0.2) is 4.39 Å². The van der Waals surface area contributed by atoms with Gasteiger partial charge in [0.1, 0.15) is 0 Å². The lowest BCUT2D eigenvalue weighted by Gasteiger charge is -2.38. The first-order chi connectivity index (χ1) is 12.2. The summed E-state index contributed by atoms with van der Waals surface area (Å²) in [6.07, 6.45) is 8.78. The van der Waals surface area contributed by atoms with E-state index in [4.69, 9.17) is 4.74 Å². The van der Waals surface area contributed by atoms with E-state index in [0.717, 1.165) is 51.0 Å². The molecule has 1 fully saturated rings. The second-order valence-corrected chi connectivity index (χ2v) is 6.84. The maximum atomic E-state index is 13.7. The normalized spacial score (nSPS) is 18.7. The second-order valence-electron chi connectivity index (χ2n) is 6.84. The molecular weight excluding hydrogens is 319 g/mol. The third kappa shape index (κ3) is 4.60. The Morgan fingerprint density at radius 3 is 2.56 bits per heavy atom. The molecule has 0 bridgehead atoms. The van der Waals surface area contributed by atoms with Crippen LogP contribution in [0.1, 0.15) is 31.2 Å². The van der Waals surface area contributed by atoms with Crippen molar-refractivity contribution in [3.05, 3.63) is 41.7 Å². The maximum Gasteiger partial charge on any atom is 0.222 e. The SMILES string of the molecule is COc1ccc(CCCC(=O)N2CCN(C3CC=CC3)CC2)cc1F. The Labute approximate surface area is 149 Å². The minimum Gasteiger partial charge on any atom is -0.494 e. The van der Waals surface area contributed by atoms with Crippen LogP contribution in [0.5, 0.6) is 5.75 Å². The zero-order valence-corrected chi connectivity index (χ0v) is 14.9. The molecule has 3 rings (SSSR count). The molecule has 136 valence electrons. The maximum absolute atomic E-state index is 13.7. The smallest absolute Gasteiger partial charge is 0.222 e. The monoisotopic (exact) mass is 346 g/mol. The van der Waals surface area contributed by atoms with Crippen molar-refractivity contribution in [2.24, 2.45) is 0 Å². The molecule has 4 nitrogen and oxygen atoms in total. The fourth-order valence-corrected chi connectivity index (χ4v) is 3.70. The fraction of sp³-hybridized carbons (Fsp3) is 0.550. The Kier molecular flexibility index (Phi) is 6.08. The van der Waals surface area contributed by atoms with Crippen molar-refractivity contribution < 1.29 is 13.9 Å². The molecule has 1 aromatic rings. The van der Waals surface area contributed by atoms with Crippen molar-refractivity contribution >= 4 is 5.91 Å². The van der Waals surface area contributed by atoms with Gasteiger partial charge in [-0.2, -0.15) is 0 Å². The van der Waals surface area contributed by atoms with Gasteiger partial charge >= 0.3 is 0 Å². The van der Waals surface area contributed by atoms with Crippen molar-refractivity contribution in [3.8, 4) is 5.75 Å². The van der Waals surface area contributed by atoms with Crippen molar-refractivity contribution in [1.82, 2.24) is 9.80 Å². The van der Waals surface area contributed by atoms with E-state index in [-0.39, 0.29) is 17.5 Å². The molecule has 1 aliphatic carbocycles. The minimum absolute atomic E-state index is 0.221. The number of hydrogen-bond acceptors (Lipinski definition) is 3. The molecule has 0 atom stereocenters. The van der Waals surface area contributed by atoms with Crippen LogP contribution in [0, 0.1) is 5.82 Å². The highest BCUT2D eigenvalue weighted by molar-refractivity contribution is 5.76. The second kappa shape index (κ2) is 8.48. The number of benzene rings is 1. The van der Waals surface area contributed by atoms with E-state index < -0.39 is 0 Å². The highest BCUT2D eigenvalue weighted by atomic mass is 19.1. The molecule has 1 saturated heterocycles. The number of rotatable bonds is 6. The molecule has 0 N–H and O–H groups in total. The molecule has 5 heteroatoms. The minimum atomic E-state index is -0.344. The fourth-order valence-electron chi connectivity index (χ4n) is 3.70. The van der Waals surface area contributed by atoms with E-state index in [0.29, 0.717) is 18.9 Å². The molecule has 25 heavy (non-hydrogen) atoms. The summed E-state index contributed by atoms with van der Waals surface area (Å²) in [6, 6.07) is 5.64. The van der Waals surface area contributed by atoms with Crippen molar-refractivity contribution in [1.29, 1.82) is 0 Å². The van der Waals surface area contributed by atoms with E-state index in [1.54, 1.807) is 6.07 Å². The van der Waals surface area contributed by atoms with Gasteiger partial charge in [-0.3, -0.25) is 9.69 Å². The van der Waals surface area contributed by atoms with Crippen molar-refractivity contribution in [2.45, 2.75) is 38.1 Å². The zero-order chi connectivity index (χ0) is 17.6. The quantitative estimate of drug-likeness (QED) is 0.743. The highest BCUT2D eigenvalue weighted by Crippen LogP contribution is 2.20. The van der Waals surface area contributed by atoms with E-state index in [9.17, 15) is 9.18 Å². The predicted octanol–water partition coefficient (Wildman–Crippen LogP) is 3.02. The Bertz CT molecular complexity index is 616. The summed E-state index contributed by atoms with van der Waals surface area (Å²) in [4.78, 5) is 16.9. The van der Waals surface area contributed by atoms with E-state index >= 15 is 0 Å². The third-order valence-electron chi connectivity index (χ3n) is 5.24. The average Bonchev–Trinajstić information content (AvgIpc) is 3.16. The van der Waals surface area contributed by atoms with E-state index in [1.165, 1.54) is 13.2 Å². The Morgan fingerprint density at radius 1 is 1.20 bits per heavy atom. The van der Waals surface area contributed by atoms with Crippen molar-refractivity contribution in [3.63, 3.8) is 0 Å². The summed E-state index contributed by atoms with van der Waals surface area (Å²) in [7, 11) is 1.46. The van der Waals surface area contributed by atoms with Gasteiger partial charge in [-0.1, -0.05) is 18.2 Å². The van der Waals surface area contributed by atoms with Crippen molar-refractivity contribution in [2.75, 3.05) is 33.3 Å². The lowest BCUT2D eigenvalue weighted by molar-refractivity contribution is -0.133. The number of amides is 1. The van der Waals surface area contributed by atoms with Crippen LogP contribution in [0.4, 0.5) is 4.39 Å². The number of aryl methyl sites for hydroxylation is 1. The third-order valence-corrected chi connectivity index (χ3v) is 5.24. The molecule has 0 unspecified atom stereocenters. The van der Waals surface area contributed by atoms with E-state index in [2.05, 4.69) is 17.1 Å². The summed E-state index contributed by atoms with van der Waals surface area (Å²) in [5.74, 6) is 0.136. The van der Waals surface area contributed by atoms with Gasteiger partial charge in [0.2, 0.25) is 5.91 Å². The molecule has 0 saturated carbocycles. The van der Waals surface area contributed by atoms with Gasteiger partial charge in [-0.05, 0) is 43.4 Å². The van der Waals surface area contributed by atoms with Gasteiger partial charge < -0.3 is 9.64 Å². The number of carbonyl (C=O) groups excluding carboxylic acids is 1. The first kappa shape index (κ1) is 17.9. The lowest BCUT2D eigenvalue weighted by Crippen LogP contribution is -2.51.